The monoisotopic (exact) mass is 234 g/mol. The van der Waals surface area contributed by atoms with Gasteiger partial charge >= 0.3 is 0 Å². The summed E-state index contributed by atoms with van der Waals surface area (Å²) in [7, 11) is 1.75. The molecule has 96 valence electrons. The largest absolute Gasteiger partial charge is 0.496 e. The molecule has 0 aliphatic carbocycles. The number of ether oxygens (including phenoxy) is 1. The van der Waals surface area contributed by atoms with Crippen molar-refractivity contribution in [1.82, 2.24) is 0 Å². The lowest BCUT2D eigenvalue weighted by Crippen LogP contribution is -2.18. The second-order valence-electron chi connectivity index (χ2n) is 6.87. The van der Waals surface area contributed by atoms with E-state index in [9.17, 15) is 0 Å². The average molecular weight is 234 g/mol. The summed E-state index contributed by atoms with van der Waals surface area (Å²) in [6.07, 6.45) is 0. The van der Waals surface area contributed by atoms with Gasteiger partial charge in [0, 0.05) is 0 Å². The van der Waals surface area contributed by atoms with Crippen molar-refractivity contribution < 1.29 is 4.74 Å². The van der Waals surface area contributed by atoms with E-state index in [-0.39, 0.29) is 10.8 Å². The van der Waals surface area contributed by atoms with Crippen molar-refractivity contribution in [3.05, 3.63) is 28.8 Å². The number of hydrogen-bond donors (Lipinski definition) is 0. The molecule has 1 heteroatoms. The Kier molecular flexibility index (Phi) is 3.61. The summed E-state index contributed by atoms with van der Waals surface area (Å²) in [6.45, 7) is 15.6. The van der Waals surface area contributed by atoms with Crippen LogP contribution >= 0.6 is 0 Å². The fraction of sp³-hybridized carbons (Fsp3) is 0.625. The van der Waals surface area contributed by atoms with Crippen LogP contribution < -0.4 is 4.74 Å². The molecule has 0 fully saturated rings. The number of methoxy groups -OCH3 is 1. The molecule has 0 heterocycles. The van der Waals surface area contributed by atoms with Gasteiger partial charge in [-0.1, -0.05) is 47.6 Å². The van der Waals surface area contributed by atoms with E-state index in [4.69, 9.17) is 4.74 Å². The molecule has 1 aromatic carbocycles. The van der Waals surface area contributed by atoms with E-state index < -0.39 is 0 Å². The van der Waals surface area contributed by atoms with Crippen LogP contribution in [0.25, 0.3) is 0 Å². The Labute approximate surface area is 106 Å². The first kappa shape index (κ1) is 14.1. The van der Waals surface area contributed by atoms with Gasteiger partial charge in [0.25, 0.3) is 0 Å². The van der Waals surface area contributed by atoms with Gasteiger partial charge in [0.2, 0.25) is 0 Å². The van der Waals surface area contributed by atoms with E-state index in [1.54, 1.807) is 7.11 Å². The SMILES string of the molecule is COc1cc(C)c(C(C)(C)C)cc1C(C)(C)C. The first-order valence-electron chi connectivity index (χ1n) is 6.27. The quantitative estimate of drug-likeness (QED) is 0.690. The molecule has 0 saturated heterocycles. The highest BCUT2D eigenvalue weighted by atomic mass is 16.5. The maximum atomic E-state index is 5.52. The maximum Gasteiger partial charge on any atom is 0.122 e. The van der Waals surface area contributed by atoms with Crippen LogP contribution in [0.1, 0.15) is 58.2 Å². The number of aryl methyl sites for hydroxylation is 1. The second-order valence-corrected chi connectivity index (χ2v) is 6.87. The Morgan fingerprint density at radius 3 is 1.65 bits per heavy atom. The van der Waals surface area contributed by atoms with E-state index in [0.29, 0.717) is 0 Å². The third-order valence-electron chi connectivity index (χ3n) is 3.16. The molecule has 0 amide bonds. The highest BCUT2D eigenvalue weighted by Crippen LogP contribution is 2.37. The van der Waals surface area contributed by atoms with Crippen LogP contribution in [-0.4, -0.2) is 7.11 Å². The molecule has 1 rings (SSSR count). The molecule has 0 spiro atoms. The topological polar surface area (TPSA) is 9.23 Å². The highest BCUT2D eigenvalue weighted by Gasteiger charge is 2.24. The Balaban J connectivity index is 3.49. The summed E-state index contributed by atoms with van der Waals surface area (Å²) in [5.41, 5.74) is 4.29. The van der Waals surface area contributed by atoms with Crippen molar-refractivity contribution in [3.63, 3.8) is 0 Å². The zero-order chi connectivity index (χ0) is 13.4. The van der Waals surface area contributed by atoms with Crippen molar-refractivity contribution in [3.8, 4) is 5.75 Å². The smallest absolute Gasteiger partial charge is 0.122 e. The van der Waals surface area contributed by atoms with E-state index in [1.165, 1.54) is 16.7 Å². The number of hydrogen-bond acceptors (Lipinski definition) is 1. The Morgan fingerprint density at radius 2 is 1.29 bits per heavy atom. The van der Waals surface area contributed by atoms with Crippen molar-refractivity contribution in [1.29, 1.82) is 0 Å². The summed E-state index contributed by atoms with van der Waals surface area (Å²) in [4.78, 5) is 0. The molecule has 0 unspecified atom stereocenters. The van der Waals surface area contributed by atoms with Crippen LogP contribution in [0.4, 0.5) is 0 Å². The third kappa shape index (κ3) is 3.02. The summed E-state index contributed by atoms with van der Waals surface area (Å²) >= 11 is 0. The first-order chi connectivity index (χ1) is 7.57. The van der Waals surface area contributed by atoms with E-state index in [1.807, 2.05) is 0 Å². The molecule has 0 bridgehead atoms. The minimum absolute atomic E-state index is 0.110. The summed E-state index contributed by atoms with van der Waals surface area (Å²) in [5.74, 6) is 1.00. The van der Waals surface area contributed by atoms with E-state index in [2.05, 4.69) is 60.6 Å². The molecule has 0 aliphatic rings. The molecule has 0 aliphatic heterocycles. The lowest BCUT2D eigenvalue weighted by atomic mass is 9.78. The van der Waals surface area contributed by atoms with Crippen molar-refractivity contribution >= 4 is 0 Å². The van der Waals surface area contributed by atoms with Crippen LogP contribution in [0.15, 0.2) is 12.1 Å². The highest BCUT2D eigenvalue weighted by molar-refractivity contribution is 5.47. The predicted octanol–water partition coefficient (Wildman–Crippen LogP) is 4.60. The van der Waals surface area contributed by atoms with Gasteiger partial charge in [0.1, 0.15) is 5.75 Å². The van der Waals surface area contributed by atoms with Gasteiger partial charge in [-0.15, -0.1) is 0 Å². The number of rotatable bonds is 1. The fourth-order valence-corrected chi connectivity index (χ4v) is 2.24. The van der Waals surface area contributed by atoms with Crippen LogP contribution in [0, 0.1) is 6.92 Å². The van der Waals surface area contributed by atoms with Crippen LogP contribution in [0.3, 0.4) is 0 Å². The molecule has 1 nitrogen and oxygen atoms in total. The Morgan fingerprint density at radius 1 is 0.824 bits per heavy atom. The first-order valence-corrected chi connectivity index (χ1v) is 6.27. The second kappa shape index (κ2) is 4.36. The minimum Gasteiger partial charge on any atom is -0.496 e. The predicted molar refractivity (Wildman–Crippen MR) is 75.1 cm³/mol. The zero-order valence-corrected chi connectivity index (χ0v) is 12.6. The summed E-state index contributed by atoms with van der Waals surface area (Å²) < 4.78 is 5.52. The summed E-state index contributed by atoms with van der Waals surface area (Å²) in [6, 6.07) is 4.48. The van der Waals surface area contributed by atoms with Crippen molar-refractivity contribution in [2.75, 3.05) is 7.11 Å². The Bertz CT molecular complexity index is 403. The van der Waals surface area contributed by atoms with E-state index >= 15 is 0 Å². The lowest BCUT2D eigenvalue weighted by Gasteiger charge is -2.28. The van der Waals surface area contributed by atoms with Gasteiger partial charge < -0.3 is 4.74 Å². The molecule has 17 heavy (non-hydrogen) atoms. The standard InChI is InChI=1S/C16H26O/c1-11-9-14(17-8)13(16(5,6)7)10-12(11)15(2,3)4/h9-10H,1-8H3. The fourth-order valence-electron chi connectivity index (χ4n) is 2.24. The van der Waals surface area contributed by atoms with Crippen molar-refractivity contribution in [2.45, 2.75) is 59.3 Å². The van der Waals surface area contributed by atoms with E-state index in [0.717, 1.165) is 5.75 Å². The van der Waals surface area contributed by atoms with Gasteiger partial charge in [-0.05, 0) is 40.5 Å². The van der Waals surface area contributed by atoms with Gasteiger partial charge in [-0.25, -0.2) is 0 Å². The molecule has 0 N–H and O–H groups in total. The molecule has 0 saturated carbocycles. The molecule has 0 radical (unpaired) electrons. The van der Waals surface area contributed by atoms with Crippen LogP contribution in [-0.2, 0) is 10.8 Å². The zero-order valence-electron chi connectivity index (χ0n) is 12.6. The number of benzene rings is 1. The van der Waals surface area contributed by atoms with Gasteiger partial charge in [0.05, 0.1) is 7.11 Å². The van der Waals surface area contributed by atoms with Gasteiger partial charge in [-0.2, -0.15) is 0 Å². The molecular formula is C16H26O. The van der Waals surface area contributed by atoms with Crippen LogP contribution in [0.5, 0.6) is 5.75 Å². The average Bonchev–Trinajstić information content (AvgIpc) is 2.13. The van der Waals surface area contributed by atoms with Gasteiger partial charge in [0.15, 0.2) is 0 Å². The lowest BCUT2D eigenvalue weighted by molar-refractivity contribution is 0.396. The van der Waals surface area contributed by atoms with Gasteiger partial charge in [-0.3, -0.25) is 0 Å². The normalized spacial score (nSPS) is 12.7. The molecule has 0 atom stereocenters. The third-order valence-corrected chi connectivity index (χ3v) is 3.16. The molecular weight excluding hydrogens is 208 g/mol. The maximum absolute atomic E-state index is 5.52. The molecule has 0 aromatic heterocycles. The summed E-state index contributed by atoms with van der Waals surface area (Å²) in [5, 5.41) is 0. The minimum atomic E-state index is 0.110. The van der Waals surface area contributed by atoms with Crippen LogP contribution in [0.2, 0.25) is 0 Å². The Hall–Kier alpha value is -0.980. The molecule has 1 aromatic rings. The van der Waals surface area contributed by atoms with Crippen molar-refractivity contribution in [2.24, 2.45) is 0 Å².